The van der Waals surface area contributed by atoms with E-state index in [0.29, 0.717) is 0 Å². The van der Waals surface area contributed by atoms with Gasteiger partial charge in [-0.2, -0.15) is 0 Å². The van der Waals surface area contributed by atoms with E-state index < -0.39 is 0 Å². The molecule has 12 heavy (non-hydrogen) atoms. The fourth-order valence-corrected chi connectivity index (χ4v) is 2.93. The fraction of sp³-hybridized carbons (Fsp3) is 1.00. The van der Waals surface area contributed by atoms with Crippen LogP contribution >= 0.6 is 0 Å². The Morgan fingerprint density at radius 3 is 2.67 bits per heavy atom. The summed E-state index contributed by atoms with van der Waals surface area (Å²) in [4.78, 5) is 4.99. The van der Waals surface area contributed by atoms with E-state index in [1.165, 1.54) is 38.9 Å². The van der Waals surface area contributed by atoms with Crippen LogP contribution in [-0.2, 0) is 0 Å². The third-order valence-electron chi connectivity index (χ3n) is 3.45. The minimum absolute atomic E-state index is 0.898. The molecule has 2 rings (SSSR count). The molecular formula is C10H20N2. The van der Waals surface area contributed by atoms with Crippen molar-refractivity contribution in [2.75, 3.05) is 27.3 Å². The molecule has 1 heterocycles. The second kappa shape index (κ2) is 3.35. The van der Waals surface area contributed by atoms with Crippen LogP contribution in [0.25, 0.3) is 0 Å². The van der Waals surface area contributed by atoms with Gasteiger partial charge in [-0.1, -0.05) is 12.8 Å². The van der Waals surface area contributed by atoms with Gasteiger partial charge in [0, 0.05) is 12.6 Å². The molecule has 0 aromatic carbocycles. The summed E-state index contributed by atoms with van der Waals surface area (Å²) in [5.41, 5.74) is 0. The second-order valence-electron chi connectivity index (χ2n) is 4.55. The van der Waals surface area contributed by atoms with Gasteiger partial charge in [-0.15, -0.1) is 0 Å². The fourth-order valence-electron chi connectivity index (χ4n) is 2.93. The van der Waals surface area contributed by atoms with Crippen molar-refractivity contribution in [3.63, 3.8) is 0 Å². The van der Waals surface area contributed by atoms with Crippen molar-refractivity contribution < 1.29 is 0 Å². The highest BCUT2D eigenvalue weighted by atomic mass is 15.3. The lowest BCUT2D eigenvalue weighted by Gasteiger charge is -2.46. The second-order valence-corrected chi connectivity index (χ2v) is 4.55. The maximum atomic E-state index is 2.54. The smallest absolute Gasteiger partial charge is 0.0503 e. The van der Waals surface area contributed by atoms with Crippen LogP contribution < -0.4 is 0 Å². The Hall–Kier alpha value is -0.0800. The Bertz CT molecular complexity index is 158. The van der Waals surface area contributed by atoms with Gasteiger partial charge in [0.05, 0.1) is 6.67 Å². The molecule has 2 atom stereocenters. The van der Waals surface area contributed by atoms with Gasteiger partial charge in [-0.05, 0) is 32.9 Å². The summed E-state index contributed by atoms with van der Waals surface area (Å²) in [6, 6.07) is 0.898. The third-order valence-corrected chi connectivity index (χ3v) is 3.45. The maximum absolute atomic E-state index is 2.54. The molecule has 2 nitrogen and oxygen atoms in total. The van der Waals surface area contributed by atoms with Gasteiger partial charge >= 0.3 is 0 Å². The number of fused-ring (bicyclic) bond motifs is 1. The molecule has 0 radical (unpaired) electrons. The van der Waals surface area contributed by atoms with Crippen LogP contribution in [0.2, 0.25) is 0 Å². The summed E-state index contributed by atoms with van der Waals surface area (Å²) in [5.74, 6) is 0.961. The van der Waals surface area contributed by atoms with E-state index in [-0.39, 0.29) is 0 Å². The normalized spacial score (nSPS) is 39.5. The Balaban J connectivity index is 2.01. The summed E-state index contributed by atoms with van der Waals surface area (Å²) in [7, 11) is 4.51. The first-order chi connectivity index (χ1) is 5.77. The monoisotopic (exact) mass is 168 g/mol. The van der Waals surface area contributed by atoms with E-state index in [1.54, 1.807) is 0 Å². The summed E-state index contributed by atoms with van der Waals surface area (Å²) >= 11 is 0. The molecule has 0 bridgehead atoms. The van der Waals surface area contributed by atoms with Crippen LogP contribution in [0.15, 0.2) is 0 Å². The molecule has 1 aliphatic carbocycles. The first-order valence-corrected chi connectivity index (χ1v) is 5.16. The summed E-state index contributed by atoms with van der Waals surface area (Å²) in [6.45, 7) is 2.50. The van der Waals surface area contributed by atoms with Gasteiger partial charge in [0.1, 0.15) is 0 Å². The topological polar surface area (TPSA) is 6.48 Å². The maximum Gasteiger partial charge on any atom is 0.0503 e. The molecule has 0 amide bonds. The Morgan fingerprint density at radius 1 is 1.08 bits per heavy atom. The standard InChI is InChI=1S/C10H20N2/c1-11-7-9-5-3-4-6-10(9)12(2)8-11/h9-10H,3-8H2,1-2H3. The molecule has 2 aliphatic rings. The van der Waals surface area contributed by atoms with Gasteiger partial charge in [-0.25, -0.2) is 0 Å². The van der Waals surface area contributed by atoms with Crippen LogP contribution in [0.1, 0.15) is 25.7 Å². The molecule has 2 fully saturated rings. The molecule has 2 unspecified atom stereocenters. The van der Waals surface area contributed by atoms with E-state index in [4.69, 9.17) is 0 Å². The van der Waals surface area contributed by atoms with Crippen molar-refractivity contribution in [2.24, 2.45) is 5.92 Å². The zero-order valence-electron chi connectivity index (χ0n) is 8.29. The van der Waals surface area contributed by atoms with Crippen molar-refractivity contribution in [1.29, 1.82) is 0 Å². The van der Waals surface area contributed by atoms with Crippen LogP contribution in [0.5, 0.6) is 0 Å². The molecule has 2 heteroatoms. The van der Waals surface area contributed by atoms with Crippen molar-refractivity contribution in [3.8, 4) is 0 Å². The first kappa shape index (κ1) is 8.52. The van der Waals surface area contributed by atoms with Crippen molar-refractivity contribution in [1.82, 2.24) is 9.80 Å². The third kappa shape index (κ3) is 1.50. The average Bonchev–Trinajstić information content (AvgIpc) is 2.04. The molecule has 0 aromatic rings. The molecule has 0 aromatic heterocycles. The highest BCUT2D eigenvalue weighted by molar-refractivity contribution is 4.86. The molecule has 0 spiro atoms. The van der Waals surface area contributed by atoms with E-state index >= 15 is 0 Å². The van der Waals surface area contributed by atoms with Gasteiger partial charge in [0.15, 0.2) is 0 Å². The molecular weight excluding hydrogens is 148 g/mol. The van der Waals surface area contributed by atoms with Crippen LogP contribution in [0.4, 0.5) is 0 Å². The molecule has 1 saturated carbocycles. The van der Waals surface area contributed by atoms with E-state index in [9.17, 15) is 0 Å². The zero-order chi connectivity index (χ0) is 8.55. The lowest BCUT2D eigenvalue weighted by molar-refractivity contribution is 0.00818. The largest absolute Gasteiger partial charge is 0.293 e. The van der Waals surface area contributed by atoms with Gasteiger partial charge in [0.25, 0.3) is 0 Å². The number of hydrogen-bond acceptors (Lipinski definition) is 2. The minimum atomic E-state index is 0.898. The zero-order valence-corrected chi connectivity index (χ0v) is 8.29. The van der Waals surface area contributed by atoms with Crippen molar-refractivity contribution >= 4 is 0 Å². The van der Waals surface area contributed by atoms with E-state index in [0.717, 1.165) is 12.0 Å². The van der Waals surface area contributed by atoms with Gasteiger partial charge < -0.3 is 0 Å². The molecule has 1 aliphatic heterocycles. The average molecular weight is 168 g/mol. The summed E-state index contributed by atoms with van der Waals surface area (Å²) < 4.78 is 0. The summed E-state index contributed by atoms with van der Waals surface area (Å²) in [6.07, 6.45) is 5.81. The Morgan fingerprint density at radius 2 is 1.83 bits per heavy atom. The van der Waals surface area contributed by atoms with E-state index in [1.807, 2.05) is 0 Å². The van der Waals surface area contributed by atoms with Crippen molar-refractivity contribution in [2.45, 2.75) is 31.7 Å². The molecule has 0 N–H and O–H groups in total. The first-order valence-electron chi connectivity index (χ1n) is 5.16. The van der Waals surface area contributed by atoms with E-state index in [2.05, 4.69) is 23.9 Å². The lowest BCUT2D eigenvalue weighted by Crippen LogP contribution is -2.53. The highest BCUT2D eigenvalue weighted by Crippen LogP contribution is 2.30. The van der Waals surface area contributed by atoms with Crippen LogP contribution in [0.3, 0.4) is 0 Å². The number of hydrogen-bond donors (Lipinski definition) is 0. The quantitative estimate of drug-likeness (QED) is 0.539. The number of nitrogens with zero attached hydrogens (tertiary/aromatic N) is 2. The minimum Gasteiger partial charge on any atom is -0.293 e. The SMILES string of the molecule is CN1CC2CCCCC2N(C)C1. The number of rotatable bonds is 0. The Labute approximate surface area is 75.5 Å². The highest BCUT2D eigenvalue weighted by Gasteiger charge is 2.32. The van der Waals surface area contributed by atoms with Crippen LogP contribution in [0, 0.1) is 5.92 Å². The van der Waals surface area contributed by atoms with Crippen molar-refractivity contribution in [3.05, 3.63) is 0 Å². The Kier molecular flexibility index (Phi) is 2.37. The lowest BCUT2D eigenvalue weighted by atomic mass is 9.82. The predicted molar refractivity (Wildman–Crippen MR) is 51.0 cm³/mol. The van der Waals surface area contributed by atoms with Gasteiger partial charge in [-0.3, -0.25) is 9.80 Å². The predicted octanol–water partition coefficient (Wildman–Crippen LogP) is 1.38. The summed E-state index contributed by atoms with van der Waals surface area (Å²) in [5, 5.41) is 0. The molecule has 1 saturated heterocycles. The molecule has 70 valence electrons. The van der Waals surface area contributed by atoms with Gasteiger partial charge in [0.2, 0.25) is 0 Å². The van der Waals surface area contributed by atoms with Crippen LogP contribution in [-0.4, -0.2) is 43.2 Å².